The number of fused-ring (bicyclic) bond motifs is 3. The molecule has 82 valence electrons. The molecule has 0 bridgehead atoms. The maximum atomic E-state index is 6.21. The first-order chi connectivity index (χ1) is 7.62. The van der Waals surface area contributed by atoms with E-state index in [2.05, 4.69) is 44.2 Å². The van der Waals surface area contributed by atoms with Crippen molar-refractivity contribution in [2.45, 2.75) is 32.1 Å². The predicted molar refractivity (Wildman–Crippen MR) is 67.9 cm³/mol. The van der Waals surface area contributed by atoms with Crippen molar-refractivity contribution in [1.82, 2.24) is 0 Å². The molecule has 0 spiro atoms. The number of allylic oxidation sites excluding steroid dienone is 4. The van der Waals surface area contributed by atoms with E-state index in [0.717, 1.165) is 18.5 Å². The van der Waals surface area contributed by atoms with Crippen molar-refractivity contribution >= 4 is 5.57 Å². The third-order valence-corrected chi connectivity index (χ3v) is 3.87. The van der Waals surface area contributed by atoms with Gasteiger partial charge in [0.05, 0.1) is 0 Å². The molecule has 2 aliphatic rings. The lowest BCUT2D eigenvalue weighted by Gasteiger charge is -2.25. The van der Waals surface area contributed by atoms with Crippen molar-refractivity contribution in [2.24, 2.45) is 5.73 Å². The van der Waals surface area contributed by atoms with Gasteiger partial charge in [-0.15, -0.1) is 0 Å². The number of rotatable bonds is 0. The molecule has 0 amide bonds. The van der Waals surface area contributed by atoms with Crippen LogP contribution in [0, 0.1) is 0 Å². The van der Waals surface area contributed by atoms with Crippen LogP contribution in [0.15, 0.2) is 41.6 Å². The second-order valence-electron chi connectivity index (χ2n) is 5.23. The molecule has 2 aliphatic carbocycles. The van der Waals surface area contributed by atoms with Crippen molar-refractivity contribution in [3.8, 4) is 0 Å². The van der Waals surface area contributed by atoms with Crippen LogP contribution in [0.2, 0.25) is 0 Å². The number of hydrogen-bond donors (Lipinski definition) is 1. The molecule has 0 aliphatic heterocycles. The molecule has 0 aromatic heterocycles. The summed E-state index contributed by atoms with van der Waals surface area (Å²) in [5, 5.41) is 0. The van der Waals surface area contributed by atoms with Crippen LogP contribution < -0.4 is 5.73 Å². The molecule has 1 heteroatoms. The van der Waals surface area contributed by atoms with Crippen LogP contribution in [0.3, 0.4) is 0 Å². The molecular weight excluding hydrogens is 194 g/mol. The molecule has 3 rings (SSSR count). The van der Waals surface area contributed by atoms with Crippen molar-refractivity contribution < 1.29 is 0 Å². The monoisotopic (exact) mass is 211 g/mol. The summed E-state index contributed by atoms with van der Waals surface area (Å²) < 4.78 is 0. The highest BCUT2D eigenvalue weighted by molar-refractivity contribution is 5.90. The Morgan fingerprint density at radius 1 is 1.19 bits per heavy atom. The van der Waals surface area contributed by atoms with Crippen LogP contribution in [-0.2, 0) is 5.41 Å². The summed E-state index contributed by atoms with van der Waals surface area (Å²) in [5.74, 6) is 0. The summed E-state index contributed by atoms with van der Waals surface area (Å²) in [4.78, 5) is 0. The Hall–Kier alpha value is -1.50. The Bertz CT molecular complexity index is 518. The Morgan fingerprint density at radius 3 is 2.75 bits per heavy atom. The van der Waals surface area contributed by atoms with Gasteiger partial charge in [0, 0.05) is 11.1 Å². The fourth-order valence-corrected chi connectivity index (χ4v) is 3.15. The van der Waals surface area contributed by atoms with E-state index in [-0.39, 0.29) is 5.41 Å². The predicted octanol–water partition coefficient (Wildman–Crippen LogP) is 3.37. The van der Waals surface area contributed by atoms with E-state index in [1.807, 2.05) is 0 Å². The highest BCUT2D eigenvalue weighted by Crippen LogP contribution is 2.52. The second kappa shape index (κ2) is 3.00. The maximum absolute atomic E-state index is 6.21. The SMILES string of the molecule is CC1(C)C2=C(N)CCC=C2c2ccccc21. The molecule has 0 saturated carbocycles. The third-order valence-electron chi connectivity index (χ3n) is 3.87. The van der Waals surface area contributed by atoms with E-state index >= 15 is 0 Å². The highest BCUT2D eigenvalue weighted by atomic mass is 14.6. The molecule has 0 atom stereocenters. The minimum absolute atomic E-state index is 0.0763. The Balaban J connectivity index is 2.35. The zero-order valence-corrected chi connectivity index (χ0v) is 9.88. The van der Waals surface area contributed by atoms with Crippen LogP contribution in [0.5, 0.6) is 0 Å². The van der Waals surface area contributed by atoms with Crippen LogP contribution in [0.25, 0.3) is 5.57 Å². The largest absolute Gasteiger partial charge is 0.402 e. The molecule has 0 radical (unpaired) electrons. The lowest BCUT2D eigenvalue weighted by molar-refractivity contribution is 0.644. The van der Waals surface area contributed by atoms with Crippen molar-refractivity contribution in [3.05, 3.63) is 52.7 Å². The average Bonchev–Trinajstić information content (AvgIpc) is 2.50. The van der Waals surface area contributed by atoms with Crippen molar-refractivity contribution in [1.29, 1.82) is 0 Å². The molecule has 16 heavy (non-hydrogen) atoms. The third kappa shape index (κ3) is 1.06. The van der Waals surface area contributed by atoms with E-state index in [4.69, 9.17) is 5.73 Å². The summed E-state index contributed by atoms with van der Waals surface area (Å²) >= 11 is 0. The molecule has 1 nitrogen and oxygen atoms in total. The molecular formula is C15H17N. The standard InChI is InChI=1S/C15H17N/c1-15(2)12-8-4-3-6-10(12)11-7-5-9-13(16)14(11)15/h3-4,6-8H,5,9,16H2,1-2H3. The maximum Gasteiger partial charge on any atom is 0.0175 e. The summed E-state index contributed by atoms with van der Waals surface area (Å²) in [6, 6.07) is 8.68. The van der Waals surface area contributed by atoms with Crippen LogP contribution in [0.1, 0.15) is 37.8 Å². The summed E-state index contributed by atoms with van der Waals surface area (Å²) in [6.45, 7) is 4.56. The first-order valence-electron chi connectivity index (χ1n) is 5.92. The minimum atomic E-state index is 0.0763. The smallest absolute Gasteiger partial charge is 0.0175 e. The number of nitrogens with two attached hydrogens (primary N) is 1. The molecule has 1 aromatic carbocycles. The van der Waals surface area contributed by atoms with Gasteiger partial charge in [-0.1, -0.05) is 44.2 Å². The van der Waals surface area contributed by atoms with E-state index in [1.165, 1.54) is 22.3 Å². The molecule has 1 aromatic rings. The normalized spacial score (nSPS) is 21.5. The van der Waals surface area contributed by atoms with Gasteiger partial charge in [0.1, 0.15) is 0 Å². The van der Waals surface area contributed by atoms with Gasteiger partial charge in [0.2, 0.25) is 0 Å². The average molecular weight is 211 g/mol. The van der Waals surface area contributed by atoms with Gasteiger partial charge in [-0.3, -0.25) is 0 Å². The first kappa shape index (κ1) is 9.71. The topological polar surface area (TPSA) is 26.0 Å². The number of hydrogen-bond acceptors (Lipinski definition) is 1. The lowest BCUT2D eigenvalue weighted by Crippen LogP contribution is -2.20. The van der Waals surface area contributed by atoms with Gasteiger partial charge in [0.25, 0.3) is 0 Å². The minimum Gasteiger partial charge on any atom is -0.402 e. The van der Waals surface area contributed by atoms with Crippen LogP contribution in [-0.4, -0.2) is 0 Å². The van der Waals surface area contributed by atoms with Gasteiger partial charge >= 0.3 is 0 Å². The van der Waals surface area contributed by atoms with Gasteiger partial charge in [0.15, 0.2) is 0 Å². The van der Waals surface area contributed by atoms with Gasteiger partial charge in [-0.2, -0.15) is 0 Å². The lowest BCUT2D eigenvalue weighted by atomic mass is 9.79. The van der Waals surface area contributed by atoms with Crippen molar-refractivity contribution in [2.75, 3.05) is 0 Å². The quantitative estimate of drug-likeness (QED) is 0.699. The zero-order chi connectivity index (χ0) is 11.3. The zero-order valence-electron chi connectivity index (χ0n) is 9.88. The first-order valence-corrected chi connectivity index (χ1v) is 5.92. The fraction of sp³-hybridized carbons (Fsp3) is 0.333. The van der Waals surface area contributed by atoms with Crippen LogP contribution in [0.4, 0.5) is 0 Å². The van der Waals surface area contributed by atoms with E-state index in [0.29, 0.717) is 0 Å². The number of benzene rings is 1. The van der Waals surface area contributed by atoms with Gasteiger partial charge < -0.3 is 5.73 Å². The summed E-state index contributed by atoms with van der Waals surface area (Å²) in [7, 11) is 0. The second-order valence-corrected chi connectivity index (χ2v) is 5.23. The highest BCUT2D eigenvalue weighted by Gasteiger charge is 2.40. The van der Waals surface area contributed by atoms with E-state index < -0.39 is 0 Å². The van der Waals surface area contributed by atoms with Gasteiger partial charge in [-0.05, 0) is 35.1 Å². The molecule has 2 N–H and O–H groups in total. The van der Waals surface area contributed by atoms with E-state index in [9.17, 15) is 0 Å². The van der Waals surface area contributed by atoms with Crippen molar-refractivity contribution in [3.63, 3.8) is 0 Å². The fourth-order valence-electron chi connectivity index (χ4n) is 3.15. The molecule has 0 heterocycles. The molecule has 0 unspecified atom stereocenters. The van der Waals surface area contributed by atoms with Crippen LogP contribution >= 0.6 is 0 Å². The van der Waals surface area contributed by atoms with E-state index in [1.54, 1.807) is 0 Å². The van der Waals surface area contributed by atoms with Gasteiger partial charge in [-0.25, -0.2) is 0 Å². The molecule has 0 saturated heterocycles. The Labute approximate surface area is 96.7 Å². The summed E-state index contributed by atoms with van der Waals surface area (Å²) in [6.07, 6.45) is 4.44. The molecule has 0 fully saturated rings. The Morgan fingerprint density at radius 2 is 1.94 bits per heavy atom. The Kier molecular flexibility index (Phi) is 1.82. The summed E-state index contributed by atoms with van der Waals surface area (Å²) in [5.41, 5.74) is 12.9.